The number of nitrogens with one attached hydrogen (secondary N) is 2. The molecule has 18 heavy (non-hydrogen) atoms. The number of rotatable bonds is 5. The summed E-state index contributed by atoms with van der Waals surface area (Å²) in [5.74, 6) is 0.525. The van der Waals surface area contributed by atoms with Crippen LogP contribution in [0, 0.1) is 0 Å². The van der Waals surface area contributed by atoms with Gasteiger partial charge in [0.2, 0.25) is 0 Å². The van der Waals surface area contributed by atoms with Crippen LogP contribution in [0.1, 0.15) is 16.8 Å². The molecule has 2 aromatic rings. The number of hydrogen-bond acceptors (Lipinski definition) is 2. The lowest BCUT2D eigenvalue weighted by Gasteiger charge is -2.05. The van der Waals surface area contributed by atoms with Crippen molar-refractivity contribution in [2.45, 2.75) is 6.42 Å². The maximum Gasteiger partial charge on any atom is 0.253 e. The normalized spacial score (nSPS) is 12.5. The molecule has 1 aromatic heterocycles. The van der Waals surface area contributed by atoms with Crippen LogP contribution in [0.3, 0.4) is 0 Å². The van der Waals surface area contributed by atoms with Crippen molar-refractivity contribution in [3.63, 3.8) is 0 Å². The summed E-state index contributed by atoms with van der Waals surface area (Å²) in [6.45, 7) is 0.551. The molecule has 0 saturated carbocycles. The fourth-order valence-electron chi connectivity index (χ4n) is 1.85. The molecule has 0 saturated heterocycles. The number of fused-ring (bicyclic) bond motifs is 1. The summed E-state index contributed by atoms with van der Waals surface area (Å²) in [7, 11) is -0.798. The van der Waals surface area contributed by atoms with Crippen LogP contribution in [0.25, 0.3) is 10.9 Å². The summed E-state index contributed by atoms with van der Waals surface area (Å²) in [6.07, 6.45) is 4.22. The van der Waals surface area contributed by atoms with Crippen molar-refractivity contribution < 1.29 is 9.00 Å². The summed E-state index contributed by atoms with van der Waals surface area (Å²) in [5.41, 5.74) is 1.50. The summed E-state index contributed by atoms with van der Waals surface area (Å²) < 4.78 is 10.9. The molecule has 0 spiro atoms. The third-order valence-electron chi connectivity index (χ3n) is 2.73. The van der Waals surface area contributed by atoms with E-state index in [4.69, 9.17) is 0 Å². The molecule has 0 aliphatic heterocycles. The Morgan fingerprint density at radius 3 is 3.00 bits per heavy atom. The molecular formula is C13H16N2O2S. The van der Waals surface area contributed by atoms with Crippen molar-refractivity contribution >= 4 is 27.6 Å². The number of para-hydroxylation sites is 1. The Morgan fingerprint density at radius 2 is 2.22 bits per heavy atom. The summed E-state index contributed by atoms with van der Waals surface area (Å²) in [5, 5.41) is 3.87. The average molecular weight is 264 g/mol. The van der Waals surface area contributed by atoms with Crippen molar-refractivity contribution in [3.8, 4) is 0 Å². The molecule has 1 amide bonds. The van der Waals surface area contributed by atoms with Crippen LogP contribution < -0.4 is 5.32 Å². The van der Waals surface area contributed by atoms with Gasteiger partial charge in [-0.05, 0) is 18.6 Å². The molecule has 1 atom stereocenters. The molecular weight excluding hydrogens is 248 g/mol. The summed E-state index contributed by atoms with van der Waals surface area (Å²) in [4.78, 5) is 15.1. The first-order valence-electron chi connectivity index (χ1n) is 5.83. The van der Waals surface area contributed by atoms with Crippen LogP contribution in [0.15, 0.2) is 30.5 Å². The SMILES string of the molecule is CS(=O)CCCNC(=O)c1cccc2cc[nH]c12. The largest absolute Gasteiger partial charge is 0.361 e. The van der Waals surface area contributed by atoms with Crippen molar-refractivity contribution in [1.29, 1.82) is 0 Å². The Morgan fingerprint density at radius 1 is 1.39 bits per heavy atom. The van der Waals surface area contributed by atoms with E-state index in [0.29, 0.717) is 17.9 Å². The first-order chi connectivity index (χ1) is 8.68. The zero-order valence-corrected chi connectivity index (χ0v) is 11.0. The highest BCUT2D eigenvalue weighted by Gasteiger charge is 2.09. The van der Waals surface area contributed by atoms with E-state index in [1.54, 1.807) is 12.3 Å². The number of aromatic amines is 1. The van der Waals surface area contributed by atoms with E-state index in [0.717, 1.165) is 17.3 Å². The first-order valence-corrected chi connectivity index (χ1v) is 7.55. The van der Waals surface area contributed by atoms with Gasteiger partial charge in [-0.2, -0.15) is 0 Å². The van der Waals surface area contributed by atoms with Crippen LogP contribution in [-0.4, -0.2) is 33.7 Å². The van der Waals surface area contributed by atoms with Crippen molar-refractivity contribution in [3.05, 3.63) is 36.0 Å². The number of H-pyrrole nitrogens is 1. The quantitative estimate of drug-likeness (QED) is 0.807. The van der Waals surface area contributed by atoms with Gasteiger partial charge in [-0.3, -0.25) is 9.00 Å². The highest BCUT2D eigenvalue weighted by Crippen LogP contribution is 2.16. The lowest BCUT2D eigenvalue weighted by molar-refractivity contribution is 0.0955. The maximum absolute atomic E-state index is 12.0. The topological polar surface area (TPSA) is 62.0 Å². The number of amides is 1. The van der Waals surface area contributed by atoms with Crippen LogP contribution >= 0.6 is 0 Å². The van der Waals surface area contributed by atoms with Crippen molar-refractivity contribution in [2.24, 2.45) is 0 Å². The Hall–Kier alpha value is -1.62. The predicted molar refractivity (Wildman–Crippen MR) is 74.2 cm³/mol. The Kier molecular flexibility index (Phi) is 4.15. The second kappa shape index (κ2) is 5.82. The van der Waals surface area contributed by atoms with E-state index >= 15 is 0 Å². The van der Waals surface area contributed by atoms with E-state index in [1.165, 1.54) is 0 Å². The highest BCUT2D eigenvalue weighted by atomic mass is 32.2. The van der Waals surface area contributed by atoms with Gasteiger partial charge in [0, 0.05) is 40.9 Å². The van der Waals surface area contributed by atoms with Gasteiger partial charge in [-0.15, -0.1) is 0 Å². The Labute approximate surface area is 108 Å². The first kappa shape index (κ1) is 12.8. The van der Waals surface area contributed by atoms with E-state index in [1.807, 2.05) is 24.4 Å². The van der Waals surface area contributed by atoms with Crippen LogP contribution in [0.4, 0.5) is 0 Å². The summed E-state index contributed by atoms with van der Waals surface area (Å²) >= 11 is 0. The van der Waals surface area contributed by atoms with E-state index in [9.17, 15) is 9.00 Å². The number of carbonyl (C=O) groups excluding carboxylic acids is 1. The van der Waals surface area contributed by atoms with E-state index < -0.39 is 10.8 Å². The number of carbonyl (C=O) groups is 1. The minimum atomic E-state index is -0.798. The molecule has 0 aliphatic rings. The predicted octanol–water partition coefficient (Wildman–Crippen LogP) is 1.67. The molecule has 5 heteroatoms. The third kappa shape index (κ3) is 2.98. The number of hydrogen-bond donors (Lipinski definition) is 2. The minimum absolute atomic E-state index is 0.0927. The molecule has 0 radical (unpaired) electrons. The molecule has 1 heterocycles. The van der Waals surface area contributed by atoms with E-state index in [-0.39, 0.29) is 5.91 Å². The standard InChI is InChI=1S/C13H16N2O2S/c1-18(17)9-3-7-15-13(16)11-5-2-4-10-6-8-14-12(10)11/h2,4-6,8,14H,3,7,9H2,1H3,(H,15,16). The molecule has 96 valence electrons. The van der Waals surface area contributed by atoms with Crippen LogP contribution in [0.5, 0.6) is 0 Å². The van der Waals surface area contributed by atoms with Crippen LogP contribution in [-0.2, 0) is 10.8 Å². The second-order valence-corrected chi connectivity index (χ2v) is 5.69. The van der Waals surface area contributed by atoms with Gasteiger partial charge in [0.05, 0.1) is 11.1 Å². The highest BCUT2D eigenvalue weighted by molar-refractivity contribution is 7.84. The smallest absolute Gasteiger partial charge is 0.253 e. The van der Waals surface area contributed by atoms with Gasteiger partial charge in [0.25, 0.3) is 5.91 Å². The zero-order valence-electron chi connectivity index (χ0n) is 10.2. The fraction of sp³-hybridized carbons (Fsp3) is 0.308. The molecule has 2 N–H and O–H groups in total. The zero-order chi connectivity index (χ0) is 13.0. The second-order valence-electron chi connectivity index (χ2n) is 4.13. The average Bonchev–Trinajstić information content (AvgIpc) is 2.82. The van der Waals surface area contributed by atoms with Crippen molar-refractivity contribution in [1.82, 2.24) is 10.3 Å². The maximum atomic E-state index is 12.0. The molecule has 0 aliphatic carbocycles. The molecule has 1 aromatic carbocycles. The van der Waals surface area contributed by atoms with Crippen LogP contribution in [0.2, 0.25) is 0 Å². The molecule has 4 nitrogen and oxygen atoms in total. The third-order valence-corrected chi connectivity index (χ3v) is 3.59. The number of benzene rings is 1. The monoisotopic (exact) mass is 264 g/mol. The lowest BCUT2D eigenvalue weighted by atomic mass is 10.1. The van der Waals surface area contributed by atoms with Gasteiger partial charge in [-0.25, -0.2) is 0 Å². The molecule has 0 fully saturated rings. The van der Waals surface area contributed by atoms with E-state index in [2.05, 4.69) is 10.3 Å². The van der Waals surface area contributed by atoms with Gasteiger partial charge >= 0.3 is 0 Å². The minimum Gasteiger partial charge on any atom is -0.361 e. The summed E-state index contributed by atoms with van der Waals surface area (Å²) in [6, 6.07) is 7.56. The molecule has 2 rings (SSSR count). The van der Waals surface area contributed by atoms with Gasteiger partial charge in [0.1, 0.15) is 0 Å². The van der Waals surface area contributed by atoms with Crippen molar-refractivity contribution in [2.75, 3.05) is 18.6 Å². The van der Waals surface area contributed by atoms with Gasteiger partial charge in [-0.1, -0.05) is 12.1 Å². The van der Waals surface area contributed by atoms with Gasteiger partial charge < -0.3 is 10.3 Å². The lowest BCUT2D eigenvalue weighted by Crippen LogP contribution is -2.25. The Balaban J connectivity index is 2.00. The molecule has 0 bridgehead atoms. The Bertz CT molecular complexity index is 577. The van der Waals surface area contributed by atoms with Gasteiger partial charge in [0.15, 0.2) is 0 Å². The fourth-order valence-corrected chi connectivity index (χ4v) is 2.40. The molecule has 1 unspecified atom stereocenters. The number of aromatic nitrogens is 1.